The predicted octanol–water partition coefficient (Wildman–Crippen LogP) is 5.00. The molecule has 1 heterocycles. The first-order chi connectivity index (χ1) is 11.4. The van der Waals surface area contributed by atoms with Gasteiger partial charge in [-0.15, -0.1) is 0 Å². The van der Waals surface area contributed by atoms with Gasteiger partial charge in [0.05, 0.1) is 6.10 Å². The number of hydrogen-bond acceptors (Lipinski definition) is 3. The van der Waals surface area contributed by atoms with Gasteiger partial charge in [-0.1, -0.05) is 49.2 Å². The van der Waals surface area contributed by atoms with E-state index < -0.39 is 9.03 Å². The van der Waals surface area contributed by atoms with Crippen molar-refractivity contribution in [2.24, 2.45) is 5.92 Å². The molecule has 0 spiro atoms. The fourth-order valence-corrected chi connectivity index (χ4v) is 4.56. The summed E-state index contributed by atoms with van der Waals surface area (Å²) in [5.74, 6) is 2.56. The van der Waals surface area contributed by atoms with Gasteiger partial charge in [-0.25, -0.2) is 0 Å². The van der Waals surface area contributed by atoms with Crippen LogP contribution in [-0.4, -0.2) is 11.0 Å². The van der Waals surface area contributed by atoms with E-state index in [2.05, 4.69) is 24.3 Å². The van der Waals surface area contributed by atoms with Crippen molar-refractivity contribution in [3.63, 3.8) is 0 Å². The molecule has 1 fully saturated rings. The van der Waals surface area contributed by atoms with Crippen molar-refractivity contribution in [2.45, 2.75) is 37.7 Å². The van der Waals surface area contributed by atoms with Crippen LogP contribution in [0.2, 0.25) is 0 Å². The van der Waals surface area contributed by atoms with Gasteiger partial charge in [0.1, 0.15) is 11.5 Å². The second kappa shape index (κ2) is 6.60. The number of benzene rings is 2. The summed E-state index contributed by atoms with van der Waals surface area (Å²) in [5.41, 5.74) is 2.49. The summed E-state index contributed by atoms with van der Waals surface area (Å²) in [6, 6.07) is 16.6. The summed E-state index contributed by atoms with van der Waals surface area (Å²) in [6.45, 7) is 0. The highest BCUT2D eigenvalue weighted by atomic mass is 31.1. The van der Waals surface area contributed by atoms with Gasteiger partial charge in [0, 0.05) is 17.0 Å². The van der Waals surface area contributed by atoms with Gasteiger partial charge in [0.15, 0.2) is 9.03 Å². The predicted molar refractivity (Wildman–Crippen MR) is 92.2 cm³/mol. The molecule has 23 heavy (non-hydrogen) atoms. The van der Waals surface area contributed by atoms with Gasteiger partial charge in [0.25, 0.3) is 0 Å². The molecule has 0 radical (unpaired) electrons. The lowest BCUT2D eigenvalue weighted by atomic mass is 9.71. The molecule has 0 bridgehead atoms. The highest BCUT2D eigenvalue weighted by molar-refractivity contribution is 7.25. The van der Waals surface area contributed by atoms with E-state index in [-0.39, 0.29) is 12.0 Å². The van der Waals surface area contributed by atoms with E-state index in [9.17, 15) is 4.89 Å². The monoisotopic (exact) mass is 328 g/mol. The molecule has 2 aliphatic rings. The lowest BCUT2D eigenvalue weighted by molar-refractivity contribution is 0.0885. The normalized spacial score (nSPS) is 24.2. The van der Waals surface area contributed by atoms with E-state index >= 15 is 0 Å². The summed E-state index contributed by atoms with van der Waals surface area (Å²) in [6.07, 6.45) is 4.68. The standard InChI is InChI=1S/C19H21O3P/c20-23-22-18-12-6-3-9-15(18)19-13-7-1-4-10-16(13)21-17-11-5-2-8-14(17)19/h1-2,4-5,7-8,10-11,15,18-20,23H,3,6,9,12H2. The van der Waals surface area contributed by atoms with Gasteiger partial charge >= 0.3 is 0 Å². The smallest absolute Gasteiger partial charge is 0.152 e. The molecule has 3 unspecified atom stereocenters. The third kappa shape index (κ3) is 2.78. The van der Waals surface area contributed by atoms with E-state index in [0.717, 1.165) is 24.3 Å². The van der Waals surface area contributed by atoms with Crippen LogP contribution in [0.1, 0.15) is 42.7 Å². The molecule has 1 aliphatic carbocycles. The summed E-state index contributed by atoms with van der Waals surface area (Å²) in [5, 5.41) is 0. The highest BCUT2D eigenvalue weighted by Gasteiger charge is 2.38. The van der Waals surface area contributed by atoms with Crippen LogP contribution < -0.4 is 4.74 Å². The molecule has 4 rings (SSSR count). The van der Waals surface area contributed by atoms with Gasteiger partial charge in [-0.05, 0) is 30.9 Å². The first-order valence-corrected chi connectivity index (χ1v) is 9.14. The van der Waals surface area contributed by atoms with E-state index in [1.54, 1.807) is 0 Å². The lowest BCUT2D eigenvalue weighted by Gasteiger charge is -2.39. The van der Waals surface area contributed by atoms with Crippen LogP contribution in [0.25, 0.3) is 0 Å². The number of para-hydroxylation sites is 2. The molecule has 1 aliphatic heterocycles. The minimum absolute atomic E-state index is 0.122. The Hall–Kier alpha value is -1.41. The van der Waals surface area contributed by atoms with Crippen molar-refractivity contribution < 1.29 is 14.2 Å². The topological polar surface area (TPSA) is 38.7 Å². The third-order valence-corrected chi connectivity index (χ3v) is 5.52. The SMILES string of the molecule is OPOC1CCCCC1C1c2ccccc2Oc2ccccc21. The minimum Gasteiger partial charge on any atom is -0.457 e. The number of ether oxygens (including phenoxy) is 1. The zero-order valence-electron chi connectivity index (χ0n) is 12.9. The van der Waals surface area contributed by atoms with E-state index in [1.807, 2.05) is 24.3 Å². The van der Waals surface area contributed by atoms with Gasteiger partial charge in [-0.3, -0.25) is 0 Å². The second-order valence-electron chi connectivity index (χ2n) is 6.35. The second-order valence-corrected chi connectivity index (χ2v) is 6.77. The molecule has 0 amide bonds. The maximum absolute atomic E-state index is 9.31. The molecule has 0 saturated heterocycles. The maximum atomic E-state index is 9.31. The Kier molecular flexibility index (Phi) is 4.35. The van der Waals surface area contributed by atoms with E-state index in [4.69, 9.17) is 9.26 Å². The first kappa shape index (κ1) is 15.1. The molecule has 3 nitrogen and oxygen atoms in total. The maximum Gasteiger partial charge on any atom is 0.152 e. The minimum atomic E-state index is -0.437. The Bertz CT molecular complexity index is 640. The highest BCUT2D eigenvalue weighted by Crippen LogP contribution is 2.51. The average Bonchev–Trinajstić information content (AvgIpc) is 2.61. The molecule has 4 heteroatoms. The molecular formula is C19H21O3P. The number of fused-ring (bicyclic) bond motifs is 2. The Morgan fingerprint density at radius 2 is 1.52 bits per heavy atom. The van der Waals surface area contributed by atoms with Crippen LogP contribution in [0.5, 0.6) is 11.5 Å². The van der Waals surface area contributed by atoms with Crippen molar-refractivity contribution in [3.8, 4) is 11.5 Å². The Morgan fingerprint density at radius 1 is 0.913 bits per heavy atom. The Labute approximate surface area is 138 Å². The van der Waals surface area contributed by atoms with Gasteiger partial charge < -0.3 is 14.2 Å². The average molecular weight is 328 g/mol. The molecule has 120 valence electrons. The fourth-order valence-electron chi connectivity index (χ4n) is 4.13. The molecule has 3 atom stereocenters. The van der Waals surface area contributed by atoms with Crippen LogP contribution >= 0.6 is 9.03 Å². The molecule has 2 aromatic carbocycles. The largest absolute Gasteiger partial charge is 0.457 e. The number of hydrogen-bond donors (Lipinski definition) is 1. The summed E-state index contributed by atoms with van der Waals surface area (Å²) < 4.78 is 11.8. The van der Waals surface area contributed by atoms with Crippen LogP contribution in [-0.2, 0) is 4.52 Å². The first-order valence-electron chi connectivity index (χ1n) is 8.29. The van der Waals surface area contributed by atoms with Gasteiger partial charge in [-0.2, -0.15) is 0 Å². The van der Waals surface area contributed by atoms with Crippen molar-refractivity contribution in [1.82, 2.24) is 0 Å². The van der Waals surface area contributed by atoms with Crippen molar-refractivity contribution in [1.29, 1.82) is 0 Å². The zero-order chi connectivity index (χ0) is 15.6. The molecular weight excluding hydrogens is 307 g/mol. The molecule has 1 N–H and O–H groups in total. The summed E-state index contributed by atoms with van der Waals surface area (Å²) in [7, 11) is -0.437. The van der Waals surface area contributed by atoms with Gasteiger partial charge in [0.2, 0.25) is 0 Å². The lowest BCUT2D eigenvalue weighted by Crippen LogP contribution is -2.32. The zero-order valence-corrected chi connectivity index (χ0v) is 13.9. The quantitative estimate of drug-likeness (QED) is 0.806. The Balaban J connectivity index is 1.80. The summed E-state index contributed by atoms with van der Waals surface area (Å²) in [4.78, 5) is 9.31. The fraction of sp³-hybridized carbons (Fsp3) is 0.368. The molecule has 1 saturated carbocycles. The summed E-state index contributed by atoms with van der Waals surface area (Å²) >= 11 is 0. The van der Waals surface area contributed by atoms with E-state index in [0.29, 0.717) is 5.92 Å². The van der Waals surface area contributed by atoms with Crippen LogP contribution in [0.3, 0.4) is 0 Å². The van der Waals surface area contributed by atoms with Crippen LogP contribution in [0.15, 0.2) is 48.5 Å². The van der Waals surface area contributed by atoms with Crippen molar-refractivity contribution in [3.05, 3.63) is 59.7 Å². The third-order valence-electron chi connectivity index (χ3n) is 5.11. The van der Waals surface area contributed by atoms with Crippen molar-refractivity contribution in [2.75, 3.05) is 0 Å². The van der Waals surface area contributed by atoms with E-state index in [1.165, 1.54) is 24.0 Å². The Morgan fingerprint density at radius 3 is 2.17 bits per heavy atom. The number of rotatable bonds is 3. The molecule has 2 aromatic rings. The van der Waals surface area contributed by atoms with Crippen LogP contribution in [0, 0.1) is 5.92 Å². The van der Waals surface area contributed by atoms with Crippen LogP contribution in [0.4, 0.5) is 0 Å². The van der Waals surface area contributed by atoms with Crippen molar-refractivity contribution >= 4 is 9.03 Å². The molecule has 0 aromatic heterocycles.